The summed E-state index contributed by atoms with van der Waals surface area (Å²) in [5.74, 6) is 0.572. The SMILES string of the molecule is Cc1ccc(N(c2ccccc2)c2ccc3c4c(cc(C(C)C)c3c2)-c2cc(C(C)C)c3cc(N(c5ccccc5)c5ccc(C)cc5)ccc3c2C42c3ccccc3-c3ccccc32)cc1. The zero-order valence-electron chi connectivity index (χ0n) is 39.2. The molecule has 2 heteroatoms. The molecule has 0 saturated carbocycles. The number of para-hydroxylation sites is 2. The van der Waals surface area contributed by atoms with Crippen LogP contribution >= 0.6 is 0 Å². The second-order valence-corrected chi connectivity index (χ2v) is 19.4. The number of rotatable bonds is 8. The molecule has 0 bridgehead atoms. The second kappa shape index (κ2) is 15.7. The summed E-state index contributed by atoms with van der Waals surface area (Å²) in [7, 11) is 0. The van der Waals surface area contributed by atoms with Gasteiger partial charge in [0.05, 0.1) is 5.41 Å². The van der Waals surface area contributed by atoms with E-state index in [9.17, 15) is 0 Å². The minimum atomic E-state index is -0.561. The van der Waals surface area contributed by atoms with E-state index in [0.29, 0.717) is 0 Å². The van der Waals surface area contributed by atoms with Crippen LogP contribution in [0.5, 0.6) is 0 Å². The fraction of sp³-hybridized carbons (Fsp3) is 0.138. The molecular weight excluding hydrogens is 809 g/mol. The van der Waals surface area contributed by atoms with E-state index in [1.165, 1.54) is 88.3 Å². The fourth-order valence-electron chi connectivity index (χ4n) is 11.7. The van der Waals surface area contributed by atoms with Gasteiger partial charge in [-0.1, -0.05) is 160 Å². The Balaban J connectivity index is 1.18. The van der Waals surface area contributed by atoms with E-state index in [2.05, 4.69) is 258 Å². The van der Waals surface area contributed by atoms with Gasteiger partial charge in [-0.3, -0.25) is 0 Å². The van der Waals surface area contributed by atoms with Crippen molar-refractivity contribution in [3.05, 3.63) is 251 Å². The van der Waals surface area contributed by atoms with Gasteiger partial charge in [-0.05, 0) is 188 Å². The smallest absolute Gasteiger partial charge is 0.0737 e. The third-order valence-corrected chi connectivity index (χ3v) is 14.7. The van der Waals surface area contributed by atoms with Crippen molar-refractivity contribution in [3.63, 3.8) is 0 Å². The molecule has 10 aromatic rings. The Labute approximate surface area is 395 Å². The molecule has 0 atom stereocenters. The predicted molar refractivity (Wildman–Crippen MR) is 285 cm³/mol. The molecule has 1 spiro atoms. The minimum absolute atomic E-state index is 0.286. The van der Waals surface area contributed by atoms with E-state index in [0.717, 1.165) is 34.1 Å². The average molecular weight is 863 g/mol. The predicted octanol–water partition coefficient (Wildman–Crippen LogP) is 18.1. The molecule has 10 aromatic carbocycles. The van der Waals surface area contributed by atoms with Crippen molar-refractivity contribution in [1.29, 1.82) is 0 Å². The van der Waals surface area contributed by atoms with Gasteiger partial charge in [-0.2, -0.15) is 0 Å². The van der Waals surface area contributed by atoms with Crippen LogP contribution in [0.2, 0.25) is 0 Å². The summed E-state index contributed by atoms with van der Waals surface area (Å²) in [5, 5.41) is 5.24. The second-order valence-electron chi connectivity index (χ2n) is 19.4. The van der Waals surface area contributed by atoms with Gasteiger partial charge in [0.2, 0.25) is 0 Å². The molecule has 0 heterocycles. The minimum Gasteiger partial charge on any atom is -0.310 e. The average Bonchev–Trinajstić information content (AvgIpc) is 3.82. The van der Waals surface area contributed by atoms with Gasteiger partial charge in [0.25, 0.3) is 0 Å². The van der Waals surface area contributed by atoms with Crippen molar-refractivity contribution in [1.82, 2.24) is 0 Å². The number of hydrogen-bond acceptors (Lipinski definition) is 2. The van der Waals surface area contributed by atoms with Crippen molar-refractivity contribution in [2.24, 2.45) is 0 Å². The Morgan fingerprint density at radius 2 is 0.657 bits per heavy atom. The highest BCUT2D eigenvalue weighted by atomic mass is 15.1. The molecule has 2 nitrogen and oxygen atoms in total. The molecule has 0 N–H and O–H groups in total. The normalized spacial score (nSPS) is 13.0. The van der Waals surface area contributed by atoms with E-state index >= 15 is 0 Å². The maximum Gasteiger partial charge on any atom is 0.0737 e. The lowest BCUT2D eigenvalue weighted by molar-refractivity contribution is 0.806. The molecule has 0 fully saturated rings. The quantitative estimate of drug-likeness (QED) is 0.150. The Hall–Kier alpha value is -7.68. The molecule has 12 rings (SSSR count). The Bertz CT molecular complexity index is 3290. The van der Waals surface area contributed by atoms with Gasteiger partial charge in [0, 0.05) is 34.1 Å². The van der Waals surface area contributed by atoms with Gasteiger partial charge in [0.15, 0.2) is 0 Å². The van der Waals surface area contributed by atoms with Crippen LogP contribution in [0, 0.1) is 13.8 Å². The molecule has 2 aliphatic carbocycles. The van der Waals surface area contributed by atoms with Gasteiger partial charge in [-0.25, -0.2) is 0 Å². The summed E-state index contributed by atoms with van der Waals surface area (Å²) in [6.07, 6.45) is 0. The molecule has 0 aromatic heterocycles. The molecule has 0 amide bonds. The first-order valence-corrected chi connectivity index (χ1v) is 24.0. The van der Waals surface area contributed by atoms with Crippen LogP contribution < -0.4 is 9.80 Å². The number of hydrogen-bond donors (Lipinski definition) is 0. The summed E-state index contributed by atoms with van der Waals surface area (Å²) in [6, 6.07) is 77.8. The number of nitrogens with zero attached hydrogens (tertiary/aromatic N) is 2. The number of aryl methyl sites for hydroxylation is 2. The maximum absolute atomic E-state index is 2.58. The van der Waals surface area contributed by atoms with Gasteiger partial charge >= 0.3 is 0 Å². The highest BCUT2D eigenvalue weighted by Crippen LogP contribution is 2.66. The highest BCUT2D eigenvalue weighted by molar-refractivity contribution is 6.11. The molecule has 0 aliphatic heterocycles. The van der Waals surface area contributed by atoms with Crippen LogP contribution in [0.1, 0.15) is 84.0 Å². The number of fused-ring (bicyclic) bond motifs is 14. The summed E-state index contributed by atoms with van der Waals surface area (Å²) >= 11 is 0. The summed E-state index contributed by atoms with van der Waals surface area (Å²) < 4.78 is 0. The topological polar surface area (TPSA) is 6.48 Å². The van der Waals surface area contributed by atoms with Crippen LogP contribution in [0.4, 0.5) is 34.1 Å². The molecule has 2 aliphatic rings. The Morgan fingerprint density at radius 1 is 0.313 bits per heavy atom. The van der Waals surface area contributed by atoms with E-state index in [1.807, 2.05) is 0 Å². The first-order valence-electron chi connectivity index (χ1n) is 24.0. The first-order chi connectivity index (χ1) is 32.7. The lowest BCUT2D eigenvalue weighted by atomic mass is 9.67. The molecule has 0 saturated heterocycles. The van der Waals surface area contributed by atoms with Crippen molar-refractivity contribution >= 4 is 55.7 Å². The molecule has 324 valence electrons. The molecular formula is C65H54N2. The third kappa shape index (κ3) is 6.23. The number of anilines is 6. The largest absolute Gasteiger partial charge is 0.310 e. The number of benzene rings is 10. The van der Waals surface area contributed by atoms with Crippen LogP contribution in [0.3, 0.4) is 0 Å². The zero-order valence-corrected chi connectivity index (χ0v) is 39.2. The molecule has 0 unspecified atom stereocenters. The van der Waals surface area contributed by atoms with Crippen LogP contribution in [-0.4, -0.2) is 0 Å². The maximum atomic E-state index is 2.58. The van der Waals surface area contributed by atoms with Crippen LogP contribution in [-0.2, 0) is 5.41 Å². The Kier molecular flexibility index (Phi) is 9.59. The summed E-state index contributed by atoms with van der Waals surface area (Å²) in [5.41, 5.74) is 22.4. The fourth-order valence-corrected chi connectivity index (χ4v) is 11.7. The van der Waals surface area contributed by atoms with Crippen LogP contribution in [0.25, 0.3) is 43.8 Å². The Morgan fingerprint density at radius 3 is 1.04 bits per heavy atom. The summed E-state index contributed by atoms with van der Waals surface area (Å²) in [6.45, 7) is 13.8. The van der Waals surface area contributed by atoms with Crippen LogP contribution in [0.15, 0.2) is 206 Å². The van der Waals surface area contributed by atoms with Crippen molar-refractivity contribution in [2.75, 3.05) is 9.80 Å². The first kappa shape index (κ1) is 40.8. The van der Waals surface area contributed by atoms with Gasteiger partial charge in [0.1, 0.15) is 0 Å². The molecule has 67 heavy (non-hydrogen) atoms. The van der Waals surface area contributed by atoms with E-state index in [1.54, 1.807) is 0 Å². The molecule has 0 radical (unpaired) electrons. The van der Waals surface area contributed by atoms with E-state index < -0.39 is 5.41 Å². The van der Waals surface area contributed by atoms with Crippen molar-refractivity contribution in [3.8, 4) is 22.3 Å². The van der Waals surface area contributed by atoms with E-state index in [4.69, 9.17) is 0 Å². The van der Waals surface area contributed by atoms with Crippen molar-refractivity contribution in [2.45, 2.75) is 58.8 Å². The third-order valence-electron chi connectivity index (χ3n) is 14.7. The summed E-state index contributed by atoms with van der Waals surface area (Å²) in [4.78, 5) is 4.83. The van der Waals surface area contributed by atoms with Gasteiger partial charge in [-0.15, -0.1) is 0 Å². The zero-order chi connectivity index (χ0) is 45.6. The monoisotopic (exact) mass is 862 g/mol. The highest BCUT2D eigenvalue weighted by Gasteiger charge is 2.53. The van der Waals surface area contributed by atoms with E-state index in [-0.39, 0.29) is 11.8 Å². The van der Waals surface area contributed by atoms with Crippen molar-refractivity contribution < 1.29 is 0 Å². The lowest BCUT2D eigenvalue weighted by Gasteiger charge is -2.34. The lowest BCUT2D eigenvalue weighted by Crippen LogP contribution is -2.27. The van der Waals surface area contributed by atoms with Gasteiger partial charge < -0.3 is 9.80 Å². The standard InChI is InChI=1S/C65H54N2/c1-41(2)55-39-59-60-40-56(42(3)4)58-38-50(67(46-19-11-8-12-20-46)48-31-27-44(6)28-32-48)34-36-54(58)64(60)65(61-23-15-13-21-51(61)52-22-14-16-24-62(52)65)63(59)53-35-33-49(37-57(53)55)66(45-17-9-7-10-18-45)47-29-25-43(5)26-30-47/h7-42H,1-6H3.